The van der Waals surface area contributed by atoms with Gasteiger partial charge < -0.3 is 5.32 Å². The van der Waals surface area contributed by atoms with Gasteiger partial charge in [-0.1, -0.05) is 42.5 Å². The fraction of sp³-hybridized carbons (Fsp3) is 0.320. The van der Waals surface area contributed by atoms with Gasteiger partial charge in [0.15, 0.2) is 0 Å². The Kier molecular flexibility index (Phi) is 3.76. The summed E-state index contributed by atoms with van der Waals surface area (Å²) in [4.78, 5) is 40.1. The molecule has 6 atom stereocenters. The summed E-state index contributed by atoms with van der Waals surface area (Å²) in [6.07, 6.45) is 5.55. The number of para-hydroxylation sites is 1. The van der Waals surface area contributed by atoms with E-state index in [-0.39, 0.29) is 47.9 Å². The Balaban J connectivity index is 1.17. The second kappa shape index (κ2) is 6.39. The van der Waals surface area contributed by atoms with Crippen molar-refractivity contribution in [1.29, 1.82) is 0 Å². The van der Waals surface area contributed by atoms with E-state index >= 15 is 0 Å². The molecule has 1 heterocycles. The zero-order chi connectivity index (χ0) is 20.4. The minimum Gasteiger partial charge on any atom is -0.322 e. The maximum absolute atomic E-state index is 13.1. The van der Waals surface area contributed by atoms with Gasteiger partial charge in [0, 0.05) is 11.3 Å². The monoisotopic (exact) mass is 398 g/mol. The van der Waals surface area contributed by atoms with Gasteiger partial charge in [-0.25, -0.2) is 0 Å². The van der Waals surface area contributed by atoms with E-state index in [2.05, 4.69) is 17.5 Å². The molecule has 2 aromatic rings. The van der Waals surface area contributed by atoms with Crippen LogP contribution in [0.5, 0.6) is 0 Å². The average Bonchev–Trinajstić information content (AvgIpc) is 3.56. The number of hydrogen-bond donors (Lipinski definition) is 1. The van der Waals surface area contributed by atoms with Gasteiger partial charge in [0.05, 0.1) is 18.4 Å². The molecule has 5 nitrogen and oxygen atoms in total. The van der Waals surface area contributed by atoms with Crippen LogP contribution in [0, 0.1) is 35.5 Å². The standard InChI is InChI=1S/C25H22N2O3/c28-23(26-16-4-2-1-3-5-16)15-8-6-14(7-9-15)13-27-24(29)21-17-10-11-18(20-12-19(17)20)22(21)25(27)30/h1-11,17-22H,12-13H2,(H,26,28)/t17-,18+,19?,20?,21-,22+. The summed E-state index contributed by atoms with van der Waals surface area (Å²) in [5.41, 5.74) is 2.14. The Hall–Kier alpha value is -3.21. The Morgan fingerprint density at radius 3 is 2.07 bits per heavy atom. The maximum atomic E-state index is 13.1. The van der Waals surface area contributed by atoms with Crippen LogP contribution >= 0.6 is 0 Å². The van der Waals surface area contributed by atoms with Crippen LogP contribution in [0.25, 0.3) is 0 Å². The Bertz CT molecular complexity index is 1040. The zero-order valence-corrected chi connectivity index (χ0v) is 16.4. The predicted octanol–water partition coefficient (Wildman–Crippen LogP) is 3.49. The van der Waals surface area contributed by atoms with Crippen molar-refractivity contribution in [1.82, 2.24) is 4.90 Å². The molecule has 0 aromatic heterocycles. The summed E-state index contributed by atoms with van der Waals surface area (Å²) in [6, 6.07) is 16.4. The molecule has 5 aliphatic rings. The van der Waals surface area contributed by atoms with Crippen molar-refractivity contribution < 1.29 is 14.4 Å². The number of nitrogens with one attached hydrogen (secondary N) is 1. The molecule has 30 heavy (non-hydrogen) atoms. The topological polar surface area (TPSA) is 66.5 Å². The average molecular weight is 398 g/mol. The third-order valence-electron chi connectivity index (χ3n) is 7.34. The number of hydrogen-bond acceptors (Lipinski definition) is 3. The van der Waals surface area contributed by atoms with Crippen molar-refractivity contribution in [2.24, 2.45) is 35.5 Å². The van der Waals surface area contributed by atoms with E-state index in [0.29, 0.717) is 17.4 Å². The predicted molar refractivity (Wildman–Crippen MR) is 111 cm³/mol. The first kappa shape index (κ1) is 17.6. The molecule has 3 amide bonds. The van der Waals surface area contributed by atoms with E-state index in [0.717, 1.165) is 11.3 Å². The van der Waals surface area contributed by atoms with Gasteiger partial charge in [0.1, 0.15) is 0 Å². The highest BCUT2D eigenvalue weighted by Crippen LogP contribution is 2.65. The van der Waals surface area contributed by atoms with Crippen molar-refractivity contribution >= 4 is 23.4 Å². The van der Waals surface area contributed by atoms with Crippen LogP contribution in [0.15, 0.2) is 66.7 Å². The van der Waals surface area contributed by atoms with Crippen LogP contribution in [0.1, 0.15) is 22.3 Å². The number of benzene rings is 2. The summed E-state index contributed by atoms with van der Waals surface area (Å²) in [6.45, 7) is 0.278. The van der Waals surface area contributed by atoms with Crippen LogP contribution in [0.2, 0.25) is 0 Å². The molecular formula is C25H22N2O3. The highest BCUT2D eigenvalue weighted by Gasteiger charge is 2.66. The number of carbonyl (C=O) groups is 3. The van der Waals surface area contributed by atoms with E-state index in [4.69, 9.17) is 0 Å². The molecular weight excluding hydrogens is 376 g/mol. The van der Waals surface area contributed by atoms with Crippen molar-refractivity contribution in [2.75, 3.05) is 5.32 Å². The summed E-state index contributed by atoms with van der Waals surface area (Å²) in [5.74, 6) is 1.18. The third kappa shape index (κ3) is 2.58. The Labute approximate surface area is 174 Å². The van der Waals surface area contributed by atoms with E-state index in [9.17, 15) is 14.4 Å². The molecule has 0 spiro atoms. The number of likely N-dealkylation sites (tertiary alicyclic amines) is 1. The molecule has 7 rings (SSSR count). The highest BCUT2D eigenvalue weighted by atomic mass is 16.2. The molecule has 2 aromatic carbocycles. The van der Waals surface area contributed by atoms with E-state index in [1.807, 2.05) is 42.5 Å². The second-order valence-electron chi connectivity index (χ2n) is 8.93. The first-order valence-electron chi connectivity index (χ1n) is 10.6. The maximum Gasteiger partial charge on any atom is 0.255 e. The molecule has 1 saturated heterocycles. The van der Waals surface area contributed by atoms with Crippen molar-refractivity contribution in [3.05, 3.63) is 77.9 Å². The van der Waals surface area contributed by atoms with E-state index in [1.54, 1.807) is 12.1 Å². The van der Waals surface area contributed by atoms with Crippen molar-refractivity contribution in [3.8, 4) is 0 Å². The number of imide groups is 1. The molecule has 2 unspecified atom stereocenters. The van der Waals surface area contributed by atoms with Crippen LogP contribution in [-0.4, -0.2) is 22.6 Å². The minimum absolute atomic E-state index is 0.0133. The van der Waals surface area contributed by atoms with Gasteiger partial charge in [-0.05, 0) is 59.9 Å². The van der Waals surface area contributed by atoms with Gasteiger partial charge in [0.25, 0.3) is 5.91 Å². The molecule has 2 saturated carbocycles. The lowest BCUT2D eigenvalue weighted by atomic mass is 9.63. The molecule has 1 aliphatic heterocycles. The molecule has 0 radical (unpaired) electrons. The van der Waals surface area contributed by atoms with E-state index in [1.165, 1.54) is 11.3 Å². The lowest BCUT2D eigenvalue weighted by Crippen LogP contribution is -2.40. The number of carbonyl (C=O) groups excluding carboxylic acids is 3. The van der Waals surface area contributed by atoms with Gasteiger partial charge in [-0.15, -0.1) is 0 Å². The van der Waals surface area contributed by atoms with Crippen LogP contribution in [0.3, 0.4) is 0 Å². The molecule has 3 fully saturated rings. The number of nitrogens with zero attached hydrogens (tertiary/aromatic N) is 1. The zero-order valence-electron chi connectivity index (χ0n) is 16.4. The van der Waals surface area contributed by atoms with E-state index < -0.39 is 0 Å². The summed E-state index contributed by atoms with van der Waals surface area (Å²) >= 11 is 0. The van der Waals surface area contributed by atoms with Crippen LogP contribution in [-0.2, 0) is 16.1 Å². The van der Waals surface area contributed by atoms with Crippen LogP contribution < -0.4 is 5.32 Å². The van der Waals surface area contributed by atoms with Crippen LogP contribution in [0.4, 0.5) is 5.69 Å². The number of rotatable bonds is 4. The summed E-state index contributed by atoms with van der Waals surface area (Å²) < 4.78 is 0. The number of allylic oxidation sites excluding steroid dienone is 2. The molecule has 4 aliphatic carbocycles. The summed E-state index contributed by atoms with van der Waals surface area (Å²) in [5, 5.41) is 2.86. The Morgan fingerprint density at radius 1 is 0.867 bits per heavy atom. The highest BCUT2D eigenvalue weighted by molar-refractivity contribution is 6.06. The molecule has 2 bridgehead atoms. The quantitative estimate of drug-likeness (QED) is 0.633. The van der Waals surface area contributed by atoms with Gasteiger partial charge in [-0.3, -0.25) is 19.3 Å². The van der Waals surface area contributed by atoms with Gasteiger partial charge >= 0.3 is 0 Å². The second-order valence-corrected chi connectivity index (χ2v) is 8.93. The lowest BCUT2D eigenvalue weighted by molar-refractivity contribution is -0.140. The first-order chi connectivity index (χ1) is 14.6. The first-order valence-corrected chi connectivity index (χ1v) is 10.6. The largest absolute Gasteiger partial charge is 0.322 e. The number of anilines is 1. The van der Waals surface area contributed by atoms with Crippen molar-refractivity contribution in [3.63, 3.8) is 0 Å². The summed E-state index contributed by atoms with van der Waals surface area (Å²) in [7, 11) is 0. The van der Waals surface area contributed by atoms with Gasteiger partial charge in [-0.2, -0.15) is 0 Å². The minimum atomic E-state index is -0.186. The van der Waals surface area contributed by atoms with Gasteiger partial charge in [0.2, 0.25) is 11.8 Å². The lowest BCUT2D eigenvalue weighted by Gasteiger charge is -2.37. The normalized spacial score (nSPS) is 32.7. The van der Waals surface area contributed by atoms with Crippen molar-refractivity contribution in [2.45, 2.75) is 13.0 Å². The fourth-order valence-corrected chi connectivity index (χ4v) is 5.84. The smallest absolute Gasteiger partial charge is 0.255 e. The molecule has 5 heteroatoms. The molecule has 1 N–H and O–H groups in total. The third-order valence-corrected chi connectivity index (χ3v) is 7.34. The molecule has 150 valence electrons. The fourth-order valence-electron chi connectivity index (χ4n) is 5.84. The number of amides is 3. The SMILES string of the molecule is O=C(Nc1ccccc1)c1ccc(CN2C(=O)[C@@H]3[C@H](C2=O)[C@@H]2C=C[C@H]3C3CC32)cc1. The Morgan fingerprint density at radius 2 is 1.47 bits per heavy atom.